The van der Waals surface area contributed by atoms with Gasteiger partial charge in [-0.05, 0) is 12.0 Å². The predicted molar refractivity (Wildman–Crippen MR) is 60.2 cm³/mol. The summed E-state index contributed by atoms with van der Waals surface area (Å²) >= 11 is 0. The quantitative estimate of drug-likeness (QED) is 0.764. The summed E-state index contributed by atoms with van der Waals surface area (Å²) in [6, 6.07) is 3.90. The Bertz CT molecular complexity index is 332. The molecule has 0 amide bonds. The van der Waals surface area contributed by atoms with Gasteiger partial charge in [0.25, 0.3) is 0 Å². The Kier molecular flexibility index (Phi) is 3.83. The van der Waals surface area contributed by atoms with E-state index >= 15 is 0 Å². The van der Waals surface area contributed by atoms with E-state index in [2.05, 4.69) is 13.8 Å². The van der Waals surface area contributed by atoms with Crippen molar-refractivity contribution in [3.8, 4) is 17.2 Å². The molecule has 0 aliphatic carbocycles. The van der Waals surface area contributed by atoms with Crippen LogP contribution in [0.25, 0.3) is 0 Å². The van der Waals surface area contributed by atoms with Gasteiger partial charge >= 0.3 is 0 Å². The van der Waals surface area contributed by atoms with Crippen LogP contribution in [0.15, 0.2) is 12.1 Å². The highest BCUT2D eigenvalue weighted by molar-refractivity contribution is 5.56. The highest BCUT2D eigenvalue weighted by Gasteiger charge is 2.17. The van der Waals surface area contributed by atoms with Crippen LogP contribution in [-0.4, -0.2) is 21.3 Å². The van der Waals surface area contributed by atoms with Crippen molar-refractivity contribution < 1.29 is 14.2 Å². The van der Waals surface area contributed by atoms with Gasteiger partial charge < -0.3 is 14.2 Å². The predicted octanol–water partition coefficient (Wildman–Crippen LogP) is 2.84. The monoisotopic (exact) mass is 210 g/mol. The van der Waals surface area contributed by atoms with Gasteiger partial charge in [0.1, 0.15) is 0 Å². The second kappa shape index (κ2) is 4.91. The van der Waals surface area contributed by atoms with Crippen LogP contribution in [0, 0.1) is 0 Å². The second-order valence-corrected chi connectivity index (χ2v) is 3.58. The van der Waals surface area contributed by atoms with Gasteiger partial charge in [-0.25, -0.2) is 0 Å². The molecule has 1 rings (SSSR count). The van der Waals surface area contributed by atoms with Crippen LogP contribution in [0.4, 0.5) is 0 Å². The van der Waals surface area contributed by atoms with Crippen molar-refractivity contribution in [2.24, 2.45) is 0 Å². The summed E-state index contributed by atoms with van der Waals surface area (Å²) in [6.45, 7) is 4.23. The molecule has 0 bridgehead atoms. The van der Waals surface area contributed by atoms with E-state index in [0.29, 0.717) is 17.4 Å². The minimum absolute atomic E-state index is 0.389. The smallest absolute Gasteiger partial charge is 0.203 e. The fourth-order valence-electron chi connectivity index (χ4n) is 1.58. The van der Waals surface area contributed by atoms with E-state index in [-0.39, 0.29) is 0 Å². The van der Waals surface area contributed by atoms with Crippen molar-refractivity contribution in [2.45, 2.75) is 19.8 Å². The molecule has 0 saturated carbocycles. The average molecular weight is 210 g/mol. The van der Waals surface area contributed by atoms with Crippen molar-refractivity contribution >= 4 is 0 Å². The molecule has 0 aliphatic rings. The van der Waals surface area contributed by atoms with E-state index in [1.54, 1.807) is 21.3 Å². The van der Waals surface area contributed by atoms with Gasteiger partial charge in [0, 0.05) is 5.56 Å². The largest absolute Gasteiger partial charge is 0.493 e. The van der Waals surface area contributed by atoms with Crippen LogP contribution in [0.3, 0.4) is 0 Å². The van der Waals surface area contributed by atoms with Crippen LogP contribution < -0.4 is 14.2 Å². The lowest BCUT2D eigenvalue weighted by Gasteiger charge is -2.17. The van der Waals surface area contributed by atoms with Crippen LogP contribution in [0.1, 0.15) is 25.3 Å². The average Bonchev–Trinajstić information content (AvgIpc) is 2.26. The van der Waals surface area contributed by atoms with Gasteiger partial charge in [0.05, 0.1) is 21.3 Å². The SMILES string of the molecule is COc1ccc(C(C)C)c(OC)c1OC. The van der Waals surface area contributed by atoms with Crippen molar-refractivity contribution in [2.75, 3.05) is 21.3 Å². The number of rotatable bonds is 4. The molecule has 0 radical (unpaired) electrons. The third-order valence-electron chi connectivity index (χ3n) is 2.36. The van der Waals surface area contributed by atoms with E-state index in [0.717, 1.165) is 11.3 Å². The lowest BCUT2D eigenvalue weighted by atomic mass is 10.0. The lowest BCUT2D eigenvalue weighted by molar-refractivity contribution is 0.321. The van der Waals surface area contributed by atoms with Crippen molar-refractivity contribution in [3.05, 3.63) is 17.7 Å². The molecule has 0 fully saturated rings. The third-order valence-corrected chi connectivity index (χ3v) is 2.36. The van der Waals surface area contributed by atoms with E-state index in [4.69, 9.17) is 14.2 Å². The van der Waals surface area contributed by atoms with E-state index in [1.165, 1.54) is 0 Å². The lowest BCUT2D eigenvalue weighted by Crippen LogP contribution is -1.99. The van der Waals surface area contributed by atoms with E-state index in [9.17, 15) is 0 Å². The van der Waals surface area contributed by atoms with Gasteiger partial charge in [0.15, 0.2) is 11.5 Å². The molecule has 0 unspecified atom stereocenters. The highest BCUT2D eigenvalue weighted by Crippen LogP contribution is 2.42. The normalized spacial score (nSPS) is 10.3. The fraction of sp³-hybridized carbons (Fsp3) is 0.500. The van der Waals surface area contributed by atoms with Crippen LogP contribution >= 0.6 is 0 Å². The number of methoxy groups -OCH3 is 3. The Hall–Kier alpha value is -1.38. The van der Waals surface area contributed by atoms with Gasteiger partial charge in [-0.2, -0.15) is 0 Å². The van der Waals surface area contributed by atoms with Gasteiger partial charge in [-0.1, -0.05) is 19.9 Å². The molecule has 1 aromatic carbocycles. The number of hydrogen-bond acceptors (Lipinski definition) is 3. The van der Waals surface area contributed by atoms with Crippen LogP contribution in [0.2, 0.25) is 0 Å². The molecule has 0 spiro atoms. The zero-order chi connectivity index (χ0) is 11.4. The summed E-state index contributed by atoms with van der Waals surface area (Å²) in [5, 5.41) is 0. The first kappa shape index (κ1) is 11.7. The molecule has 3 heteroatoms. The fourth-order valence-corrected chi connectivity index (χ4v) is 1.58. The summed E-state index contributed by atoms with van der Waals surface area (Å²) < 4.78 is 15.9. The van der Waals surface area contributed by atoms with E-state index < -0.39 is 0 Å². The topological polar surface area (TPSA) is 27.7 Å². The van der Waals surface area contributed by atoms with Crippen molar-refractivity contribution in [1.82, 2.24) is 0 Å². The maximum atomic E-state index is 5.37. The molecule has 0 atom stereocenters. The molecule has 0 N–H and O–H groups in total. The van der Waals surface area contributed by atoms with Crippen molar-refractivity contribution in [3.63, 3.8) is 0 Å². The molecule has 0 saturated heterocycles. The Morgan fingerprint density at radius 3 is 1.87 bits per heavy atom. The molecule has 0 aromatic heterocycles. The van der Waals surface area contributed by atoms with Crippen molar-refractivity contribution in [1.29, 1.82) is 0 Å². The molecule has 3 nitrogen and oxygen atoms in total. The van der Waals surface area contributed by atoms with Crippen LogP contribution in [-0.2, 0) is 0 Å². The molecule has 0 aliphatic heterocycles. The summed E-state index contributed by atoms with van der Waals surface area (Å²) in [6.07, 6.45) is 0. The molecule has 15 heavy (non-hydrogen) atoms. The molecule has 1 aromatic rings. The Morgan fingerprint density at radius 1 is 0.867 bits per heavy atom. The standard InChI is InChI=1S/C12H18O3/c1-8(2)9-6-7-10(13-3)12(15-5)11(9)14-4/h6-8H,1-5H3. The summed E-state index contributed by atoms with van der Waals surface area (Å²) in [5.74, 6) is 2.50. The minimum atomic E-state index is 0.389. The maximum Gasteiger partial charge on any atom is 0.203 e. The maximum absolute atomic E-state index is 5.37. The van der Waals surface area contributed by atoms with Crippen LogP contribution in [0.5, 0.6) is 17.2 Å². The number of ether oxygens (including phenoxy) is 3. The van der Waals surface area contributed by atoms with Gasteiger partial charge in [-0.15, -0.1) is 0 Å². The van der Waals surface area contributed by atoms with Gasteiger partial charge in [0.2, 0.25) is 5.75 Å². The Labute approximate surface area is 91.0 Å². The number of benzene rings is 1. The Morgan fingerprint density at radius 2 is 1.47 bits per heavy atom. The molecule has 84 valence electrons. The summed E-state index contributed by atoms with van der Waals surface area (Å²) in [5.41, 5.74) is 1.12. The first-order valence-electron chi connectivity index (χ1n) is 4.94. The molecular weight excluding hydrogens is 192 g/mol. The second-order valence-electron chi connectivity index (χ2n) is 3.58. The Balaban J connectivity index is 3.34. The van der Waals surface area contributed by atoms with E-state index in [1.807, 2.05) is 12.1 Å². The zero-order valence-corrected chi connectivity index (χ0v) is 9.96. The van der Waals surface area contributed by atoms with Gasteiger partial charge in [-0.3, -0.25) is 0 Å². The molecule has 0 heterocycles. The first-order chi connectivity index (χ1) is 7.15. The number of hydrogen-bond donors (Lipinski definition) is 0. The summed E-state index contributed by atoms with van der Waals surface area (Å²) in [7, 11) is 4.87. The zero-order valence-electron chi connectivity index (χ0n) is 9.96. The third kappa shape index (κ3) is 2.17. The first-order valence-corrected chi connectivity index (χ1v) is 4.94. The summed E-state index contributed by atoms with van der Waals surface area (Å²) in [4.78, 5) is 0. The highest BCUT2D eigenvalue weighted by atomic mass is 16.5. The molecular formula is C12H18O3. The minimum Gasteiger partial charge on any atom is -0.493 e.